The number of esters is 2. The van der Waals surface area contributed by atoms with Gasteiger partial charge in [0.15, 0.2) is 0 Å². The van der Waals surface area contributed by atoms with E-state index < -0.39 is 29.4 Å². The molecule has 4 N–H and O–H groups in total. The van der Waals surface area contributed by atoms with E-state index in [0.29, 0.717) is 24.5 Å². The van der Waals surface area contributed by atoms with Gasteiger partial charge in [-0.1, -0.05) is 98.8 Å². The van der Waals surface area contributed by atoms with Crippen molar-refractivity contribution in [2.75, 3.05) is 0 Å². The molecule has 2 heterocycles. The van der Waals surface area contributed by atoms with Gasteiger partial charge in [-0.2, -0.15) is 0 Å². The Morgan fingerprint density at radius 2 is 1.23 bits per heavy atom. The van der Waals surface area contributed by atoms with E-state index in [9.17, 15) is 9.59 Å². The number of nitrogens with one attached hydrogen (secondary N) is 4. The van der Waals surface area contributed by atoms with E-state index in [0.717, 1.165) is 60.9 Å². The molecule has 0 aliphatic heterocycles. The average Bonchev–Trinajstić information content (AvgIpc) is 3.87. The third-order valence-electron chi connectivity index (χ3n) is 10.0. The first kappa shape index (κ1) is 38.6. The maximum Gasteiger partial charge on any atom is 0.353 e. The fourth-order valence-electron chi connectivity index (χ4n) is 6.97. The van der Waals surface area contributed by atoms with Crippen molar-refractivity contribution in [3.05, 3.63) is 133 Å². The van der Waals surface area contributed by atoms with Crippen LogP contribution in [0.1, 0.15) is 76.5 Å². The molecule has 7 aromatic rings. The SMILES string of the molecule is CC[C@@H](C(=N)C(=O)OCc1ccccc1)c1ncc(-c2ccc(-c3ccc4cc(-c5ccc6nc([C@@H](CC)C(=N)C(=O)OC(C)(C)C)[nH]c6c5)ccc4c3)cc2)[nH]1. The van der Waals surface area contributed by atoms with Crippen LogP contribution in [0.4, 0.5) is 0 Å². The van der Waals surface area contributed by atoms with E-state index in [1.54, 1.807) is 27.0 Å². The molecule has 0 saturated heterocycles. The third-order valence-corrected chi connectivity index (χ3v) is 10.0. The molecular formula is C47H46N6O4. The molecule has 0 saturated carbocycles. The van der Waals surface area contributed by atoms with Crippen molar-refractivity contribution in [2.45, 2.75) is 71.5 Å². The molecule has 0 fully saturated rings. The number of rotatable bonds is 13. The molecule has 0 spiro atoms. The average molecular weight is 759 g/mol. The Labute approximate surface area is 331 Å². The number of carbonyl (C=O) groups excluding carboxylic acids is 2. The summed E-state index contributed by atoms with van der Waals surface area (Å²) in [6, 6.07) is 36.6. The smallest absolute Gasteiger partial charge is 0.353 e. The molecule has 0 amide bonds. The molecule has 0 bridgehead atoms. The molecule has 2 aromatic heterocycles. The van der Waals surface area contributed by atoms with Crippen LogP contribution < -0.4 is 0 Å². The standard InChI is InChI=1S/C47H46N6O4/c1-6-36(41(48)45(54)56-27-28-11-9-8-10-12-28)43-50-26-40(53-43)30-15-13-29(14-16-30)31-17-18-33-24-34(20-19-32(33)23-31)35-21-22-38-39(25-35)52-44(51-38)37(7-2)42(49)46(55)57-47(3,4)5/h8-26,36-37,48-49H,6-7,27H2,1-5H3,(H,50,53)(H,51,52)/t36-,37-/m0/s1. The Bertz CT molecular complexity index is 2600. The van der Waals surface area contributed by atoms with Gasteiger partial charge >= 0.3 is 11.9 Å². The number of benzene rings is 5. The maximum absolute atomic E-state index is 12.7. The number of nitrogens with zero attached hydrogens (tertiary/aromatic N) is 2. The number of aromatic amines is 2. The predicted octanol–water partition coefficient (Wildman–Crippen LogP) is 10.6. The van der Waals surface area contributed by atoms with Crippen LogP contribution in [0.25, 0.3) is 55.3 Å². The van der Waals surface area contributed by atoms with E-state index in [-0.39, 0.29) is 18.0 Å². The Kier molecular flexibility index (Phi) is 11.0. The first-order valence-corrected chi connectivity index (χ1v) is 19.2. The molecular weight excluding hydrogens is 713 g/mol. The van der Waals surface area contributed by atoms with Crippen LogP contribution in [0.3, 0.4) is 0 Å². The largest absolute Gasteiger partial charge is 0.456 e. The zero-order chi connectivity index (χ0) is 40.3. The number of aromatic nitrogens is 4. The van der Waals surface area contributed by atoms with Gasteiger partial charge in [0.05, 0.1) is 34.8 Å². The monoisotopic (exact) mass is 758 g/mol. The Morgan fingerprint density at radius 1 is 0.667 bits per heavy atom. The van der Waals surface area contributed by atoms with Crippen LogP contribution in [-0.4, -0.2) is 48.9 Å². The highest BCUT2D eigenvalue weighted by molar-refractivity contribution is 6.37. The van der Waals surface area contributed by atoms with Crippen LogP contribution >= 0.6 is 0 Å². The highest BCUT2D eigenvalue weighted by Gasteiger charge is 2.29. The molecule has 57 heavy (non-hydrogen) atoms. The second-order valence-electron chi connectivity index (χ2n) is 15.2. The van der Waals surface area contributed by atoms with Gasteiger partial charge in [-0.15, -0.1) is 0 Å². The molecule has 0 aliphatic carbocycles. The van der Waals surface area contributed by atoms with Gasteiger partial charge in [-0.05, 0) is 102 Å². The minimum absolute atomic E-state index is 0.108. The second kappa shape index (κ2) is 16.2. The van der Waals surface area contributed by atoms with Gasteiger partial charge in [0.2, 0.25) is 0 Å². The van der Waals surface area contributed by atoms with Gasteiger partial charge < -0.3 is 19.4 Å². The highest BCUT2D eigenvalue weighted by atomic mass is 16.6. The summed E-state index contributed by atoms with van der Waals surface area (Å²) in [5.74, 6) is -1.14. The lowest BCUT2D eigenvalue weighted by molar-refractivity contribution is -0.146. The van der Waals surface area contributed by atoms with Crippen molar-refractivity contribution in [3.63, 3.8) is 0 Å². The molecule has 0 radical (unpaired) electrons. The van der Waals surface area contributed by atoms with Gasteiger partial charge in [-0.25, -0.2) is 19.6 Å². The van der Waals surface area contributed by atoms with Gasteiger partial charge in [0, 0.05) is 0 Å². The Hall–Kier alpha value is -6.68. The van der Waals surface area contributed by atoms with Crippen molar-refractivity contribution in [2.24, 2.45) is 0 Å². The number of H-pyrrole nitrogens is 2. The number of carbonyl (C=O) groups is 2. The van der Waals surface area contributed by atoms with Gasteiger partial charge in [-0.3, -0.25) is 10.8 Å². The minimum Gasteiger partial charge on any atom is -0.456 e. The zero-order valence-corrected chi connectivity index (χ0v) is 32.8. The molecule has 10 heteroatoms. The molecule has 10 nitrogen and oxygen atoms in total. The van der Waals surface area contributed by atoms with Crippen LogP contribution in [0, 0.1) is 10.8 Å². The van der Waals surface area contributed by atoms with E-state index in [4.69, 9.17) is 25.3 Å². The number of imidazole rings is 2. The lowest BCUT2D eigenvalue weighted by Crippen LogP contribution is -2.31. The fourth-order valence-corrected chi connectivity index (χ4v) is 6.97. The third kappa shape index (κ3) is 8.60. The van der Waals surface area contributed by atoms with Gasteiger partial charge in [0.25, 0.3) is 0 Å². The quantitative estimate of drug-likeness (QED) is 0.0677. The predicted molar refractivity (Wildman–Crippen MR) is 226 cm³/mol. The maximum atomic E-state index is 12.7. The summed E-state index contributed by atoms with van der Waals surface area (Å²) < 4.78 is 10.9. The number of hydrogen-bond acceptors (Lipinski definition) is 8. The van der Waals surface area contributed by atoms with Crippen molar-refractivity contribution < 1.29 is 19.1 Å². The van der Waals surface area contributed by atoms with Gasteiger partial charge in [0.1, 0.15) is 35.3 Å². The van der Waals surface area contributed by atoms with Crippen molar-refractivity contribution >= 4 is 45.2 Å². The van der Waals surface area contributed by atoms with E-state index >= 15 is 0 Å². The fraction of sp³-hybridized carbons (Fsp3) is 0.234. The topological polar surface area (TPSA) is 158 Å². The first-order chi connectivity index (χ1) is 27.4. The number of ether oxygens (including phenoxy) is 2. The van der Waals surface area contributed by atoms with Crippen molar-refractivity contribution in [1.82, 2.24) is 19.9 Å². The zero-order valence-electron chi connectivity index (χ0n) is 32.8. The summed E-state index contributed by atoms with van der Waals surface area (Å²) in [5.41, 5.74) is 7.59. The summed E-state index contributed by atoms with van der Waals surface area (Å²) in [7, 11) is 0. The first-order valence-electron chi connectivity index (χ1n) is 19.2. The summed E-state index contributed by atoms with van der Waals surface area (Å²) in [6.45, 7) is 9.36. The molecule has 2 atom stereocenters. The molecule has 288 valence electrons. The molecule has 5 aromatic carbocycles. The van der Waals surface area contributed by atoms with Crippen LogP contribution in [0.5, 0.6) is 0 Å². The Morgan fingerprint density at radius 3 is 1.88 bits per heavy atom. The summed E-state index contributed by atoms with van der Waals surface area (Å²) in [5, 5.41) is 19.3. The molecule has 7 rings (SSSR count). The van der Waals surface area contributed by atoms with Crippen LogP contribution in [0.15, 0.2) is 115 Å². The van der Waals surface area contributed by atoms with E-state index in [2.05, 4.69) is 69.5 Å². The van der Waals surface area contributed by atoms with Crippen LogP contribution in [-0.2, 0) is 25.7 Å². The summed E-state index contributed by atoms with van der Waals surface area (Å²) >= 11 is 0. The van der Waals surface area contributed by atoms with Crippen LogP contribution in [0.2, 0.25) is 0 Å². The van der Waals surface area contributed by atoms with Crippen molar-refractivity contribution in [3.8, 4) is 33.5 Å². The molecule has 0 aliphatic rings. The number of fused-ring (bicyclic) bond motifs is 2. The summed E-state index contributed by atoms with van der Waals surface area (Å²) in [4.78, 5) is 41.4. The lowest BCUT2D eigenvalue weighted by Gasteiger charge is -2.21. The van der Waals surface area contributed by atoms with E-state index in [1.165, 1.54) is 0 Å². The normalized spacial score (nSPS) is 12.6. The summed E-state index contributed by atoms with van der Waals surface area (Å²) in [6.07, 6.45) is 2.81. The highest BCUT2D eigenvalue weighted by Crippen LogP contribution is 2.32. The number of hydrogen-bond donors (Lipinski definition) is 4. The minimum atomic E-state index is -0.678. The Balaban J connectivity index is 1.03. The van der Waals surface area contributed by atoms with E-state index in [1.807, 2.05) is 68.4 Å². The molecule has 0 unspecified atom stereocenters. The second-order valence-corrected chi connectivity index (χ2v) is 15.2. The lowest BCUT2D eigenvalue weighted by atomic mass is 9.97. The van der Waals surface area contributed by atoms with Crippen molar-refractivity contribution in [1.29, 1.82) is 10.8 Å².